The van der Waals surface area contributed by atoms with Crippen LogP contribution >= 0.6 is 0 Å². The summed E-state index contributed by atoms with van der Waals surface area (Å²) in [6, 6.07) is 12.5. The van der Waals surface area contributed by atoms with Crippen LogP contribution in [0.25, 0.3) is 21.7 Å². The molecule has 0 saturated carbocycles. The normalized spacial score (nSPS) is 11.7. The maximum Gasteiger partial charge on any atom is 0.336 e. The van der Waals surface area contributed by atoms with Gasteiger partial charge in [0.2, 0.25) is 10.0 Å². The van der Waals surface area contributed by atoms with Crippen molar-refractivity contribution in [2.45, 2.75) is 13.0 Å². The van der Waals surface area contributed by atoms with Gasteiger partial charge in [-0.3, -0.25) is 4.79 Å². The van der Waals surface area contributed by atoms with Crippen LogP contribution in [0.5, 0.6) is 0 Å². The van der Waals surface area contributed by atoms with Crippen molar-refractivity contribution in [2.24, 2.45) is 0 Å². The third-order valence-electron chi connectivity index (χ3n) is 3.80. The molecule has 0 saturated heterocycles. The number of benzene rings is 2. The van der Waals surface area contributed by atoms with E-state index in [0.717, 1.165) is 17.0 Å². The van der Waals surface area contributed by atoms with Gasteiger partial charge in [-0.25, -0.2) is 17.9 Å². The van der Waals surface area contributed by atoms with Crippen molar-refractivity contribution in [1.82, 2.24) is 4.72 Å². The summed E-state index contributed by atoms with van der Waals surface area (Å²) in [5.74, 6) is -0.567. The Morgan fingerprint density at radius 1 is 1.19 bits per heavy atom. The smallest absolute Gasteiger partial charge is 0.336 e. The van der Waals surface area contributed by atoms with Crippen LogP contribution in [0.3, 0.4) is 0 Å². The van der Waals surface area contributed by atoms with Crippen LogP contribution in [0.2, 0.25) is 0 Å². The summed E-state index contributed by atoms with van der Waals surface area (Å²) in [6.45, 7) is -0.147. The van der Waals surface area contributed by atoms with E-state index in [1.165, 1.54) is 6.07 Å². The number of esters is 1. The third kappa shape index (κ3) is 4.27. The van der Waals surface area contributed by atoms with Crippen molar-refractivity contribution in [2.75, 3.05) is 12.8 Å². The summed E-state index contributed by atoms with van der Waals surface area (Å²) >= 11 is 0. The molecule has 136 valence electrons. The molecule has 3 rings (SSSR count). The second-order valence-electron chi connectivity index (χ2n) is 5.83. The first kappa shape index (κ1) is 18.1. The topological polar surface area (TPSA) is 103 Å². The van der Waals surface area contributed by atoms with Crippen molar-refractivity contribution in [3.63, 3.8) is 0 Å². The second-order valence-corrected chi connectivity index (χ2v) is 7.66. The summed E-state index contributed by atoms with van der Waals surface area (Å²) in [4.78, 5) is 23.6. The van der Waals surface area contributed by atoms with Gasteiger partial charge in [0.15, 0.2) is 0 Å². The molecule has 1 N–H and O–H groups in total. The van der Waals surface area contributed by atoms with Gasteiger partial charge < -0.3 is 9.15 Å². The van der Waals surface area contributed by atoms with Gasteiger partial charge in [0.25, 0.3) is 0 Å². The van der Waals surface area contributed by atoms with Crippen molar-refractivity contribution >= 4 is 37.7 Å². The zero-order valence-electron chi connectivity index (χ0n) is 14.0. The fraction of sp³-hybridized carbons (Fsp3) is 0.222. The molecule has 3 aromatic rings. The first-order chi connectivity index (χ1) is 12.3. The highest BCUT2D eigenvalue weighted by molar-refractivity contribution is 7.88. The number of carbonyl (C=O) groups is 1. The minimum absolute atomic E-state index is 0.0434. The van der Waals surface area contributed by atoms with Gasteiger partial charge in [0, 0.05) is 23.6 Å². The first-order valence-electron chi connectivity index (χ1n) is 7.88. The lowest BCUT2D eigenvalue weighted by Gasteiger charge is -2.09. The van der Waals surface area contributed by atoms with Crippen LogP contribution in [0.4, 0.5) is 0 Å². The van der Waals surface area contributed by atoms with Crippen molar-refractivity contribution in [3.8, 4) is 0 Å². The highest BCUT2D eigenvalue weighted by Crippen LogP contribution is 2.27. The average Bonchev–Trinajstić information content (AvgIpc) is 2.58. The largest absolute Gasteiger partial charge is 0.461 e. The molecule has 2 aromatic carbocycles. The Balaban J connectivity index is 1.84. The lowest BCUT2D eigenvalue weighted by molar-refractivity contribution is -0.144. The standard InChI is InChI=1S/C18H17NO6S/c1-26(22,23)19-9-8-16(20)24-11-13-10-17(21)25-15-7-6-12-4-2-3-5-14(12)18(13)15/h2-7,10,19H,8-9,11H2,1H3. The number of carbonyl (C=O) groups excluding carboxylic acids is 1. The lowest BCUT2D eigenvalue weighted by Crippen LogP contribution is -2.25. The minimum Gasteiger partial charge on any atom is -0.461 e. The van der Waals surface area contributed by atoms with Gasteiger partial charge in [-0.2, -0.15) is 0 Å². The van der Waals surface area contributed by atoms with E-state index in [4.69, 9.17) is 9.15 Å². The van der Waals surface area contributed by atoms with E-state index in [2.05, 4.69) is 4.72 Å². The number of hydrogen-bond acceptors (Lipinski definition) is 6. The lowest BCUT2D eigenvalue weighted by atomic mass is 10.0. The molecule has 1 heterocycles. The molecule has 0 atom stereocenters. The van der Waals surface area contributed by atoms with E-state index in [-0.39, 0.29) is 19.6 Å². The predicted octanol–water partition coefficient (Wildman–Crippen LogP) is 1.93. The summed E-state index contributed by atoms with van der Waals surface area (Å²) in [5, 5.41) is 2.57. The van der Waals surface area contributed by atoms with Crippen molar-refractivity contribution in [3.05, 3.63) is 58.4 Å². The van der Waals surface area contributed by atoms with Gasteiger partial charge in [-0.05, 0) is 16.8 Å². The predicted molar refractivity (Wildman–Crippen MR) is 97.2 cm³/mol. The summed E-state index contributed by atoms with van der Waals surface area (Å²) in [5.41, 5.74) is 0.427. The zero-order valence-corrected chi connectivity index (χ0v) is 14.8. The van der Waals surface area contributed by atoms with Crippen LogP contribution in [-0.4, -0.2) is 27.2 Å². The highest BCUT2D eigenvalue weighted by atomic mass is 32.2. The molecule has 0 fully saturated rings. The average molecular weight is 375 g/mol. The molecule has 0 bridgehead atoms. The van der Waals surface area contributed by atoms with Crippen LogP contribution in [0, 0.1) is 0 Å². The molecule has 7 nitrogen and oxygen atoms in total. The Hall–Kier alpha value is -2.71. The van der Waals surface area contributed by atoms with E-state index < -0.39 is 21.6 Å². The van der Waals surface area contributed by atoms with E-state index >= 15 is 0 Å². The molecule has 0 aliphatic rings. The molecular formula is C18H17NO6S. The monoisotopic (exact) mass is 375 g/mol. The van der Waals surface area contributed by atoms with Crippen LogP contribution in [-0.2, 0) is 26.2 Å². The van der Waals surface area contributed by atoms with E-state index in [0.29, 0.717) is 16.5 Å². The van der Waals surface area contributed by atoms with E-state index in [9.17, 15) is 18.0 Å². The van der Waals surface area contributed by atoms with Crippen LogP contribution < -0.4 is 10.3 Å². The van der Waals surface area contributed by atoms with E-state index in [1.54, 1.807) is 6.07 Å². The summed E-state index contributed by atoms with van der Waals surface area (Å²) in [6.07, 6.45) is 0.909. The molecule has 26 heavy (non-hydrogen) atoms. The molecule has 0 aliphatic carbocycles. The number of hydrogen-bond donors (Lipinski definition) is 1. The highest BCUT2D eigenvalue weighted by Gasteiger charge is 2.12. The molecule has 0 unspecified atom stereocenters. The zero-order chi connectivity index (χ0) is 18.7. The van der Waals surface area contributed by atoms with Gasteiger partial charge in [-0.15, -0.1) is 0 Å². The maximum atomic E-state index is 11.8. The molecule has 0 aliphatic heterocycles. The Morgan fingerprint density at radius 3 is 2.73 bits per heavy atom. The molecule has 8 heteroatoms. The van der Waals surface area contributed by atoms with Gasteiger partial charge in [0.05, 0.1) is 12.7 Å². The number of sulfonamides is 1. The number of rotatable bonds is 6. The number of fused-ring (bicyclic) bond motifs is 3. The number of ether oxygens (including phenoxy) is 1. The van der Waals surface area contributed by atoms with Gasteiger partial charge in [-0.1, -0.05) is 30.3 Å². The van der Waals surface area contributed by atoms with E-state index in [1.807, 2.05) is 30.3 Å². The maximum absolute atomic E-state index is 11.8. The molecular weight excluding hydrogens is 358 g/mol. The van der Waals surface area contributed by atoms with Gasteiger partial charge in [0.1, 0.15) is 12.2 Å². The summed E-state index contributed by atoms with van der Waals surface area (Å²) < 4.78 is 34.7. The Bertz CT molecular complexity index is 1130. The molecule has 1 aromatic heterocycles. The molecule has 0 radical (unpaired) electrons. The van der Waals surface area contributed by atoms with Crippen molar-refractivity contribution in [1.29, 1.82) is 0 Å². The summed E-state index contributed by atoms with van der Waals surface area (Å²) in [7, 11) is -3.36. The van der Waals surface area contributed by atoms with Crippen LogP contribution in [0.15, 0.2) is 51.7 Å². The Morgan fingerprint density at radius 2 is 1.96 bits per heavy atom. The Kier molecular flexibility index (Phi) is 5.06. The third-order valence-corrected chi connectivity index (χ3v) is 4.53. The SMILES string of the molecule is CS(=O)(=O)NCCC(=O)OCc1cc(=O)oc2ccc3ccccc3c12. The fourth-order valence-corrected chi connectivity index (χ4v) is 3.18. The first-order valence-corrected chi connectivity index (χ1v) is 9.77. The molecule has 0 spiro atoms. The quantitative estimate of drug-likeness (QED) is 0.401. The Labute approximate surface area is 149 Å². The van der Waals surface area contributed by atoms with Crippen LogP contribution in [0.1, 0.15) is 12.0 Å². The number of nitrogens with one attached hydrogen (secondary N) is 1. The molecule has 0 amide bonds. The minimum atomic E-state index is -3.36. The van der Waals surface area contributed by atoms with Crippen molar-refractivity contribution < 1.29 is 22.4 Å². The van der Waals surface area contributed by atoms with Gasteiger partial charge >= 0.3 is 11.6 Å². The second kappa shape index (κ2) is 7.27. The fourth-order valence-electron chi connectivity index (χ4n) is 2.70.